The number of H-pyrrole nitrogens is 1. The normalized spacial score (nSPS) is 11.9. The predicted molar refractivity (Wildman–Crippen MR) is 90.1 cm³/mol. The maximum Gasteiger partial charge on any atom is 0.326 e. The Morgan fingerprint density at radius 3 is 2.65 bits per heavy atom. The Hall–Kier alpha value is -2.15. The van der Waals surface area contributed by atoms with E-state index in [0.29, 0.717) is 16.6 Å². The van der Waals surface area contributed by atoms with Crippen LogP contribution in [0.2, 0.25) is 0 Å². The molecule has 0 bridgehead atoms. The van der Waals surface area contributed by atoms with Crippen molar-refractivity contribution < 1.29 is 14.7 Å². The zero-order valence-corrected chi connectivity index (χ0v) is 14.3. The maximum absolute atomic E-state index is 12.3. The summed E-state index contributed by atoms with van der Waals surface area (Å²) in [5, 5.41) is 18.5. The fraction of sp³-hybridized carbons (Fsp3) is 0.312. The third-order valence-corrected chi connectivity index (χ3v) is 4.20. The number of hydrogen-bond acceptors (Lipinski definition) is 3. The SMILES string of the molecule is CCCCC(NC(=O)c1[nH]nc(-c2ccccc2)c1Br)C(=O)O. The van der Waals surface area contributed by atoms with Gasteiger partial charge in [-0.2, -0.15) is 5.10 Å². The number of unbranched alkanes of at least 4 members (excludes halogenated alkanes) is 1. The van der Waals surface area contributed by atoms with Gasteiger partial charge in [-0.1, -0.05) is 50.1 Å². The molecule has 6 nitrogen and oxygen atoms in total. The number of nitrogens with one attached hydrogen (secondary N) is 2. The van der Waals surface area contributed by atoms with E-state index in [0.717, 1.165) is 18.4 Å². The first-order valence-electron chi connectivity index (χ1n) is 7.37. The van der Waals surface area contributed by atoms with Crippen LogP contribution in [0.4, 0.5) is 0 Å². The fourth-order valence-electron chi connectivity index (χ4n) is 2.16. The molecule has 3 N–H and O–H groups in total. The smallest absolute Gasteiger partial charge is 0.326 e. The van der Waals surface area contributed by atoms with Gasteiger partial charge < -0.3 is 10.4 Å². The highest BCUT2D eigenvalue weighted by molar-refractivity contribution is 9.10. The topological polar surface area (TPSA) is 95.1 Å². The maximum atomic E-state index is 12.3. The number of aromatic amines is 1. The number of aromatic nitrogens is 2. The Labute approximate surface area is 142 Å². The van der Waals surface area contributed by atoms with Gasteiger partial charge in [0.15, 0.2) is 0 Å². The molecule has 1 aromatic carbocycles. The molecule has 1 aromatic heterocycles. The average molecular weight is 380 g/mol. The Morgan fingerprint density at radius 2 is 2.04 bits per heavy atom. The van der Waals surface area contributed by atoms with Gasteiger partial charge >= 0.3 is 5.97 Å². The van der Waals surface area contributed by atoms with Crippen LogP contribution in [-0.4, -0.2) is 33.2 Å². The molecule has 0 aliphatic heterocycles. The van der Waals surface area contributed by atoms with Gasteiger partial charge in [0, 0.05) is 5.56 Å². The largest absolute Gasteiger partial charge is 0.480 e. The van der Waals surface area contributed by atoms with E-state index < -0.39 is 17.9 Å². The number of rotatable bonds is 7. The molecule has 2 rings (SSSR count). The molecule has 1 atom stereocenters. The van der Waals surface area contributed by atoms with Gasteiger partial charge in [-0.25, -0.2) is 4.79 Å². The fourth-order valence-corrected chi connectivity index (χ4v) is 2.75. The van der Waals surface area contributed by atoms with Crippen molar-refractivity contribution in [1.29, 1.82) is 0 Å². The van der Waals surface area contributed by atoms with E-state index in [9.17, 15) is 14.7 Å². The molecular formula is C16H18BrN3O3. The number of benzene rings is 1. The van der Waals surface area contributed by atoms with E-state index >= 15 is 0 Å². The standard InChI is InChI=1S/C16H18BrN3O3/c1-2-3-9-11(16(22)23)18-15(21)14-12(17)13(19-20-14)10-7-5-4-6-8-10/h4-8,11H,2-3,9H2,1H3,(H,18,21)(H,19,20)(H,22,23). The number of carboxylic acid groups (broad SMARTS) is 1. The van der Waals surface area contributed by atoms with Gasteiger partial charge in [0.2, 0.25) is 0 Å². The number of carbonyl (C=O) groups is 2. The van der Waals surface area contributed by atoms with Crippen LogP contribution in [0.3, 0.4) is 0 Å². The molecule has 0 fully saturated rings. The Kier molecular flexibility index (Phi) is 5.92. The van der Waals surface area contributed by atoms with Crippen molar-refractivity contribution in [3.63, 3.8) is 0 Å². The first-order valence-corrected chi connectivity index (χ1v) is 8.16. The van der Waals surface area contributed by atoms with E-state index in [1.807, 2.05) is 37.3 Å². The van der Waals surface area contributed by atoms with Crippen LogP contribution >= 0.6 is 15.9 Å². The van der Waals surface area contributed by atoms with Crippen molar-refractivity contribution >= 4 is 27.8 Å². The van der Waals surface area contributed by atoms with Gasteiger partial charge in [0.1, 0.15) is 17.4 Å². The van der Waals surface area contributed by atoms with E-state index in [2.05, 4.69) is 31.4 Å². The number of carbonyl (C=O) groups excluding carboxylic acids is 1. The molecule has 0 saturated heterocycles. The highest BCUT2D eigenvalue weighted by atomic mass is 79.9. The zero-order valence-electron chi connectivity index (χ0n) is 12.7. The Balaban J connectivity index is 2.17. The van der Waals surface area contributed by atoms with Crippen molar-refractivity contribution in [1.82, 2.24) is 15.5 Å². The van der Waals surface area contributed by atoms with Crippen LogP contribution in [0.1, 0.15) is 36.7 Å². The second kappa shape index (κ2) is 7.92. The Bertz CT molecular complexity index is 685. The van der Waals surface area contributed by atoms with E-state index in [4.69, 9.17) is 0 Å². The molecule has 0 saturated carbocycles. The second-order valence-electron chi connectivity index (χ2n) is 5.13. The first-order chi connectivity index (χ1) is 11.0. The molecule has 1 unspecified atom stereocenters. The molecule has 1 heterocycles. The molecule has 1 amide bonds. The number of carboxylic acids is 1. The summed E-state index contributed by atoms with van der Waals surface area (Å²) in [4.78, 5) is 23.5. The second-order valence-corrected chi connectivity index (χ2v) is 5.93. The van der Waals surface area contributed by atoms with E-state index in [-0.39, 0.29) is 5.69 Å². The highest BCUT2D eigenvalue weighted by Crippen LogP contribution is 2.28. The number of hydrogen-bond donors (Lipinski definition) is 3. The zero-order chi connectivity index (χ0) is 16.8. The predicted octanol–water partition coefficient (Wildman–Crippen LogP) is 3.21. The average Bonchev–Trinajstić information content (AvgIpc) is 2.93. The molecule has 7 heteroatoms. The minimum atomic E-state index is -1.04. The van der Waals surface area contributed by atoms with Gasteiger partial charge in [-0.15, -0.1) is 0 Å². The van der Waals surface area contributed by atoms with Crippen LogP contribution in [0.25, 0.3) is 11.3 Å². The molecule has 0 spiro atoms. The quantitative estimate of drug-likeness (QED) is 0.688. The third kappa shape index (κ3) is 4.19. The number of amides is 1. The van der Waals surface area contributed by atoms with Crippen LogP contribution < -0.4 is 5.32 Å². The summed E-state index contributed by atoms with van der Waals surface area (Å²) >= 11 is 3.37. The van der Waals surface area contributed by atoms with Gasteiger partial charge in [-0.05, 0) is 22.4 Å². The number of nitrogens with zero attached hydrogens (tertiary/aromatic N) is 1. The molecule has 122 valence electrons. The van der Waals surface area contributed by atoms with E-state index in [1.165, 1.54) is 0 Å². The minimum absolute atomic E-state index is 0.214. The van der Waals surface area contributed by atoms with Crippen LogP contribution in [0, 0.1) is 0 Å². The monoisotopic (exact) mass is 379 g/mol. The molecule has 2 aromatic rings. The van der Waals surface area contributed by atoms with Gasteiger partial charge in [0.05, 0.1) is 4.47 Å². The summed E-state index contributed by atoms with van der Waals surface area (Å²) in [6.45, 7) is 1.97. The van der Waals surface area contributed by atoms with Crippen molar-refractivity contribution in [3.05, 3.63) is 40.5 Å². The summed E-state index contributed by atoms with van der Waals surface area (Å²) in [6, 6.07) is 8.50. The van der Waals surface area contributed by atoms with Gasteiger partial charge in [0.25, 0.3) is 5.91 Å². The summed E-state index contributed by atoms with van der Waals surface area (Å²) < 4.78 is 0.515. The summed E-state index contributed by atoms with van der Waals surface area (Å²) in [5.41, 5.74) is 1.68. The lowest BCUT2D eigenvalue weighted by Crippen LogP contribution is -2.41. The number of halogens is 1. The van der Waals surface area contributed by atoms with Crippen molar-refractivity contribution in [2.45, 2.75) is 32.2 Å². The first kappa shape index (κ1) is 17.2. The van der Waals surface area contributed by atoms with Gasteiger partial charge in [-0.3, -0.25) is 9.89 Å². The Morgan fingerprint density at radius 1 is 1.35 bits per heavy atom. The highest BCUT2D eigenvalue weighted by Gasteiger charge is 2.24. The number of aliphatic carboxylic acids is 1. The lowest BCUT2D eigenvalue weighted by atomic mass is 10.1. The molecule has 0 aliphatic carbocycles. The van der Waals surface area contributed by atoms with Crippen molar-refractivity contribution in [2.24, 2.45) is 0 Å². The van der Waals surface area contributed by atoms with Crippen LogP contribution in [0.15, 0.2) is 34.8 Å². The minimum Gasteiger partial charge on any atom is -0.480 e. The summed E-state index contributed by atoms with van der Waals surface area (Å²) in [5.74, 6) is -1.53. The molecule has 0 radical (unpaired) electrons. The molecule has 23 heavy (non-hydrogen) atoms. The summed E-state index contributed by atoms with van der Waals surface area (Å²) in [6.07, 6.45) is 2.00. The molecular weight excluding hydrogens is 362 g/mol. The summed E-state index contributed by atoms with van der Waals surface area (Å²) in [7, 11) is 0. The molecule has 0 aliphatic rings. The van der Waals surface area contributed by atoms with Crippen molar-refractivity contribution in [2.75, 3.05) is 0 Å². The third-order valence-electron chi connectivity index (χ3n) is 3.43. The van der Waals surface area contributed by atoms with Crippen LogP contribution in [0.5, 0.6) is 0 Å². The van der Waals surface area contributed by atoms with Crippen LogP contribution in [-0.2, 0) is 4.79 Å². The van der Waals surface area contributed by atoms with E-state index in [1.54, 1.807) is 0 Å². The van der Waals surface area contributed by atoms with Crippen molar-refractivity contribution in [3.8, 4) is 11.3 Å². The lowest BCUT2D eigenvalue weighted by molar-refractivity contribution is -0.139. The lowest BCUT2D eigenvalue weighted by Gasteiger charge is -2.13.